The summed E-state index contributed by atoms with van der Waals surface area (Å²) in [5.74, 6) is -5.25. The van der Waals surface area contributed by atoms with Crippen LogP contribution in [0.1, 0.15) is 13.8 Å². The Morgan fingerprint density at radius 1 is 0.731 bits per heavy atom. The lowest BCUT2D eigenvalue weighted by Gasteiger charge is -2.27. The molecular formula is C14H24N2O10. The highest BCUT2D eigenvalue weighted by Crippen LogP contribution is 2.05. The lowest BCUT2D eigenvalue weighted by molar-refractivity contribution is -0.179. The van der Waals surface area contributed by atoms with Crippen LogP contribution in [0.5, 0.6) is 0 Å². The predicted molar refractivity (Wildman–Crippen MR) is 84.5 cm³/mol. The average molecular weight is 380 g/mol. The number of ether oxygens (including phenoxy) is 2. The molecule has 4 N–H and O–H groups in total. The number of nitrogens with zero attached hydrogens (tertiary/aromatic N) is 2. The molecule has 0 aromatic rings. The molecule has 26 heavy (non-hydrogen) atoms. The lowest BCUT2D eigenvalue weighted by Crippen LogP contribution is -2.47. The zero-order chi connectivity index (χ0) is 20.3. The Morgan fingerprint density at radius 3 is 1.23 bits per heavy atom. The fraction of sp³-hybridized carbons (Fsp3) is 0.714. The molecule has 0 fully saturated rings. The normalized spacial score (nSPS) is 13.5. The minimum absolute atomic E-state index is 0.101. The molecule has 0 aromatic carbocycles. The van der Waals surface area contributed by atoms with Crippen LogP contribution >= 0.6 is 0 Å². The summed E-state index contributed by atoms with van der Waals surface area (Å²) < 4.78 is 10.2. The summed E-state index contributed by atoms with van der Waals surface area (Å²) in [7, 11) is 0. The third-order valence-corrected chi connectivity index (χ3v) is 3.21. The molecule has 0 rings (SSSR count). The van der Waals surface area contributed by atoms with Crippen molar-refractivity contribution in [1.29, 1.82) is 0 Å². The van der Waals surface area contributed by atoms with Crippen molar-refractivity contribution in [3.05, 3.63) is 0 Å². The molecule has 0 aromatic heterocycles. The highest BCUT2D eigenvalue weighted by molar-refractivity contribution is 5.75. The molecule has 0 saturated carbocycles. The molecule has 0 amide bonds. The van der Waals surface area contributed by atoms with Gasteiger partial charge in [-0.1, -0.05) is 13.8 Å². The number of carboxylic acid groups (broad SMARTS) is 4. The van der Waals surface area contributed by atoms with Crippen molar-refractivity contribution in [3.8, 4) is 0 Å². The summed E-state index contributed by atoms with van der Waals surface area (Å²) in [5.41, 5.74) is 0. The second kappa shape index (κ2) is 12.1. The number of hydrogen-bond donors (Lipinski definition) is 4. The Labute approximate surface area is 149 Å². The van der Waals surface area contributed by atoms with E-state index in [4.69, 9.17) is 29.9 Å². The van der Waals surface area contributed by atoms with E-state index >= 15 is 0 Å². The molecule has 0 saturated heterocycles. The minimum Gasteiger partial charge on any atom is -0.480 e. The highest BCUT2D eigenvalue weighted by atomic mass is 16.6. The first-order chi connectivity index (χ1) is 12.1. The third kappa shape index (κ3) is 8.71. The highest BCUT2D eigenvalue weighted by Gasteiger charge is 2.29. The molecular weight excluding hydrogens is 356 g/mol. The third-order valence-electron chi connectivity index (χ3n) is 3.21. The quantitative estimate of drug-likeness (QED) is 0.195. The van der Waals surface area contributed by atoms with Crippen LogP contribution in [-0.2, 0) is 28.7 Å². The Hall–Kier alpha value is -2.28. The van der Waals surface area contributed by atoms with Crippen molar-refractivity contribution >= 4 is 23.9 Å². The van der Waals surface area contributed by atoms with Gasteiger partial charge in [0.1, 0.15) is 0 Å². The summed E-state index contributed by atoms with van der Waals surface area (Å²) in [6, 6.07) is 0. The van der Waals surface area contributed by atoms with Crippen LogP contribution in [0.4, 0.5) is 0 Å². The number of aliphatic carboxylic acids is 4. The van der Waals surface area contributed by atoms with E-state index in [2.05, 4.69) is 0 Å². The van der Waals surface area contributed by atoms with Gasteiger partial charge in [0.2, 0.25) is 12.5 Å². The van der Waals surface area contributed by atoms with Gasteiger partial charge >= 0.3 is 23.9 Å². The van der Waals surface area contributed by atoms with Gasteiger partial charge in [0.05, 0.1) is 26.3 Å². The van der Waals surface area contributed by atoms with E-state index in [1.54, 1.807) is 13.8 Å². The first-order valence-corrected chi connectivity index (χ1v) is 7.74. The van der Waals surface area contributed by atoms with Crippen molar-refractivity contribution in [2.75, 3.05) is 39.4 Å². The molecule has 0 radical (unpaired) electrons. The van der Waals surface area contributed by atoms with Crippen molar-refractivity contribution in [1.82, 2.24) is 9.80 Å². The SMILES string of the molecule is CCN(CC(=O)O)C(OCCOC(C(=O)O)N(CC)CC(=O)O)C(=O)O. The van der Waals surface area contributed by atoms with Gasteiger partial charge in [-0.2, -0.15) is 0 Å². The summed E-state index contributed by atoms with van der Waals surface area (Å²) in [4.78, 5) is 46.1. The molecule has 2 unspecified atom stereocenters. The molecule has 0 aliphatic carbocycles. The van der Waals surface area contributed by atoms with E-state index in [-0.39, 0.29) is 26.3 Å². The van der Waals surface area contributed by atoms with E-state index in [0.717, 1.165) is 9.80 Å². The molecule has 0 aliphatic rings. The number of rotatable bonds is 15. The Kier molecular flexibility index (Phi) is 11.1. The van der Waals surface area contributed by atoms with Gasteiger partial charge in [0.15, 0.2) is 0 Å². The van der Waals surface area contributed by atoms with E-state index in [9.17, 15) is 19.2 Å². The second-order valence-corrected chi connectivity index (χ2v) is 5.04. The fourth-order valence-corrected chi connectivity index (χ4v) is 2.05. The lowest BCUT2D eigenvalue weighted by atomic mass is 10.4. The maximum Gasteiger partial charge on any atom is 0.348 e. The largest absolute Gasteiger partial charge is 0.480 e. The van der Waals surface area contributed by atoms with Crippen LogP contribution in [0, 0.1) is 0 Å². The Morgan fingerprint density at radius 2 is 1.04 bits per heavy atom. The van der Waals surface area contributed by atoms with Gasteiger partial charge in [-0.15, -0.1) is 0 Å². The van der Waals surface area contributed by atoms with Gasteiger partial charge in [0.25, 0.3) is 0 Å². The summed E-state index contributed by atoms with van der Waals surface area (Å²) in [6.45, 7) is 1.56. The van der Waals surface area contributed by atoms with E-state index < -0.39 is 49.4 Å². The molecule has 0 aliphatic heterocycles. The van der Waals surface area contributed by atoms with Crippen molar-refractivity contribution in [2.24, 2.45) is 0 Å². The summed E-state index contributed by atoms with van der Waals surface area (Å²) in [5, 5.41) is 35.8. The number of hydrogen-bond acceptors (Lipinski definition) is 8. The Bertz CT molecular complexity index is 454. The zero-order valence-electron chi connectivity index (χ0n) is 14.5. The molecule has 0 heterocycles. The van der Waals surface area contributed by atoms with Crippen molar-refractivity contribution < 1.29 is 49.1 Å². The minimum atomic E-state index is -1.54. The Balaban J connectivity index is 4.72. The standard InChI is InChI=1S/C14H24N2O10/c1-3-15(7-9(17)18)11(13(21)22)25-5-6-26-12(14(23)24)16(4-2)8-10(19)20/h11-12H,3-8H2,1-2H3,(H,17,18)(H,19,20)(H,21,22)(H,23,24). The van der Waals surface area contributed by atoms with Crippen LogP contribution in [0.3, 0.4) is 0 Å². The summed E-state index contributed by atoms with van der Waals surface area (Å²) in [6.07, 6.45) is -3.08. The van der Waals surface area contributed by atoms with Crippen LogP contribution in [0.2, 0.25) is 0 Å². The average Bonchev–Trinajstić information content (AvgIpc) is 2.53. The van der Waals surface area contributed by atoms with Gasteiger partial charge in [-0.25, -0.2) is 9.59 Å². The molecule has 12 nitrogen and oxygen atoms in total. The van der Waals surface area contributed by atoms with E-state index in [1.807, 2.05) is 0 Å². The topological polar surface area (TPSA) is 174 Å². The van der Waals surface area contributed by atoms with E-state index in [0.29, 0.717) is 0 Å². The number of likely N-dealkylation sites (N-methyl/N-ethyl adjacent to an activating group) is 2. The smallest absolute Gasteiger partial charge is 0.348 e. The van der Waals surface area contributed by atoms with Gasteiger partial charge in [0, 0.05) is 0 Å². The number of carbonyl (C=O) groups is 4. The van der Waals surface area contributed by atoms with Gasteiger partial charge in [-0.3, -0.25) is 19.4 Å². The zero-order valence-corrected chi connectivity index (χ0v) is 14.5. The first kappa shape index (κ1) is 23.7. The fourth-order valence-electron chi connectivity index (χ4n) is 2.05. The molecule has 12 heteroatoms. The van der Waals surface area contributed by atoms with Crippen LogP contribution in [-0.4, -0.2) is 106 Å². The monoisotopic (exact) mass is 380 g/mol. The molecule has 150 valence electrons. The first-order valence-electron chi connectivity index (χ1n) is 7.74. The van der Waals surface area contributed by atoms with Crippen molar-refractivity contribution in [2.45, 2.75) is 26.3 Å². The second-order valence-electron chi connectivity index (χ2n) is 5.04. The van der Waals surface area contributed by atoms with Crippen LogP contribution in [0.25, 0.3) is 0 Å². The number of carboxylic acids is 4. The van der Waals surface area contributed by atoms with Crippen LogP contribution < -0.4 is 0 Å². The van der Waals surface area contributed by atoms with Gasteiger partial charge in [-0.05, 0) is 13.1 Å². The molecule has 2 atom stereocenters. The maximum atomic E-state index is 11.2. The predicted octanol–water partition coefficient (Wildman–Crippen LogP) is -1.35. The van der Waals surface area contributed by atoms with Gasteiger partial charge < -0.3 is 29.9 Å². The van der Waals surface area contributed by atoms with Crippen LogP contribution in [0.15, 0.2) is 0 Å². The van der Waals surface area contributed by atoms with E-state index in [1.165, 1.54) is 0 Å². The molecule has 0 bridgehead atoms. The summed E-state index contributed by atoms with van der Waals surface area (Å²) >= 11 is 0. The van der Waals surface area contributed by atoms with Crippen molar-refractivity contribution in [3.63, 3.8) is 0 Å². The maximum absolute atomic E-state index is 11.2. The molecule has 0 spiro atoms.